The van der Waals surface area contributed by atoms with E-state index >= 15 is 0 Å². The molecule has 4 rings (SSSR count). The van der Waals surface area contributed by atoms with Crippen LogP contribution in [0.5, 0.6) is 0 Å². The summed E-state index contributed by atoms with van der Waals surface area (Å²) in [6.45, 7) is 2.71. The van der Waals surface area contributed by atoms with Gasteiger partial charge in [-0.25, -0.2) is 9.48 Å². The largest absolute Gasteiger partial charge is 0.364 e. The van der Waals surface area contributed by atoms with Crippen molar-refractivity contribution in [1.82, 2.24) is 14.8 Å². The summed E-state index contributed by atoms with van der Waals surface area (Å²) in [6, 6.07) is 18.1. The van der Waals surface area contributed by atoms with Gasteiger partial charge in [0.2, 0.25) is 0 Å². The smallest absolute Gasteiger partial charge is 0.244 e. The number of nitrogens with zero attached hydrogens (tertiary/aromatic N) is 3. The molecule has 0 spiro atoms. The van der Waals surface area contributed by atoms with Crippen molar-refractivity contribution < 1.29 is 0 Å². The van der Waals surface area contributed by atoms with Gasteiger partial charge in [-0.15, -0.1) is 0 Å². The molecule has 1 heterocycles. The summed E-state index contributed by atoms with van der Waals surface area (Å²) in [5, 5.41) is 4.78. The molecule has 0 unspecified atom stereocenters. The van der Waals surface area contributed by atoms with Crippen LogP contribution in [0.2, 0.25) is 0 Å². The van der Waals surface area contributed by atoms with Crippen molar-refractivity contribution in [2.45, 2.75) is 45.6 Å². The molecule has 0 aliphatic heterocycles. The molecule has 2 aromatic carbocycles. The molecule has 1 saturated carbocycles. The summed E-state index contributed by atoms with van der Waals surface area (Å²) in [6.07, 6.45) is 6.15. The topological polar surface area (TPSA) is 47.8 Å². The fraction of sp³-hybridized carbons (Fsp3) is 0.348. The number of hydrogen-bond acceptors (Lipinski definition) is 3. The zero-order valence-electron chi connectivity index (χ0n) is 15.8. The molecule has 27 heavy (non-hydrogen) atoms. The second-order valence-corrected chi connectivity index (χ2v) is 7.51. The van der Waals surface area contributed by atoms with Crippen molar-refractivity contribution in [3.8, 4) is 22.5 Å². The maximum absolute atomic E-state index is 12.7. The van der Waals surface area contributed by atoms with Crippen LogP contribution in [0.15, 0.2) is 59.4 Å². The number of benzene rings is 2. The van der Waals surface area contributed by atoms with Crippen molar-refractivity contribution >= 4 is 0 Å². The number of aromatic nitrogens is 3. The molecule has 138 valence electrons. The highest BCUT2D eigenvalue weighted by atomic mass is 16.1. The Bertz CT molecular complexity index is 972. The Morgan fingerprint density at radius 1 is 0.926 bits per heavy atom. The van der Waals surface area contributed by atoms with Gasteiger partial charge in [-0.3, -0.25) is 0 Å². The quantitative estimate of drug-likeness (QED) is 0.668. The predicted molar refractivity (Wildman–Crippen MR) is 108 cm³/mol. The van der Waals surface area contributed by atoms with E-state index in [1.54, 1.807) is 4.68 Å². The Hall–Kier alpha value is -2.75. The third-order valence-electron chi connectivity index (χ3n) is 5.37. The van der Waals surface area contributed by atoms with Gasteiger partial charge in [0.1, 0.15) is 11.4 Å². The van der Waals surface area contributed by atoms with Crippen molar-refractivity contribution in [2.24, 2.45) is 5.92 Å². The first-order valence-electron chi connectivity index (χ1n) is 9.82. The first-order valence-corrected chi connectivity index (χ1v) is 9.82. The van der Waals surface area contributed by atoms with Gasteiger partial charge >= 0.3 is 5.69 Å². The summed E-state index contributed by atoms with van der Waals surface area (Å²) < 4.78 is 1.58. The average molecular weight is 359 g/mol. The second kappa shape index (κ2) is 7.87. The molecule has 0 radical (unpaired) electrons. The molecule has 0 N–H and O–H groups in total. The average Bonchev–Trinajstić information content (AvgIpc) is 2.71. The van der Waals surface area contributed by atoms with E-state index in [0.717, 1.165) is 22.4 Å². The van der Waals surface area contributed by atoms with Crippen molar-refractivity contribution in [2.75, 3.05) is 0 Å². The van der Waals surface area contributed by atoms with Crippen molar-refractivity contribution in [3.05, 3.63) is 70.6 Å². The molecule has 0 atom stereocenters. The van der Waals surface area contributed by atoms with Crippen LogP contribution in [0.3, 0.4) is 0 Å². The van der Waals surface area contributed by atoms with Crippen molar-refractivity contribution in [3.63, 3.8) is 0 Å². The molecule has 0 saturated heterocycles. The van der Waals surface area contributed by atoms with E-state index in [4.69, 9.17) is 5.10 Å². The minimum Gasteiger partial charge on any atom is -0.244 e. The highest BCUT2D eigenvalue weighted by Crippen LogP contribution is 2.29. The highest BCUT2D eigenvalue weighted by Gasteiger charge is 2.19. The Morgan fingerprint density at radius 2 is 1.67 bits per heavy atom. The van der Waals surface area contributed by atoms with Gasteiger partial charge in [-0.05, 0) is 31.7 Å². The molecular weight excluding hydrogens is 334 g/mol. The predicted octanol–water partition coefficient (Wildman–Crippen LogP) is 4.86. The molecule has 4 nitrogen and oxygen atoms in total. The fourth-order valence-corrected chi connectivity index (χ4v) is 3.93. The van der Waals surface area contributed by atoms with Gasteiger partial charge in [0, 0.05) is 17.7 Å². The van der Waals surface area contributed by atoms with E-state index in [0.29, 0.717) is 18.2 Å². The van der Waals surface area contributed by atoms with Crippen LogP contribution in [0.25, 0.3) is 22.5 Å². The van der Waals surface area contributed by atoms with Crippen LogP contribution in [0, 0.1) is 12.8 Å². The van der Waals surface area contributed by atoms with E-state index in [1.165, 1.54) is 32.1 Å². The van der Waals surface area contributed by atoms with Crippen LogP contribution < -0.4 is 5.69 Å². The molecule has 1 aliphatic rings. The lowest BCUT2D eigenvalue weighted by Crippen LogP contribution is -2.30. The number of rotatable bonds is 4. The van der Waals surface area contributed by atoms with Gasteiger partial charge < -0.3 is 0 Å². The normalized spacial score (nSPS) is 15.0. The van der Waals surface area contributed by atoms with Crippen LogP contribution >= 0.6 is 0 Å². The standard InChI is InChI=1S/C23H25N3O/c1-17-9-8-14-20(15-17)21-22(19-12-6-3-7-13-19)25-26(23(27)24-21)16-18-10-4-2-5-11-18/h3,6-9,12-15,18H,2,4-5,10-11,16H2,1H3. The Labute approximate surface area is 159 Å². The van der Waals surface area contributed by atoms with Gasteiger partial charge in [-0.2, -0.15) is 10.1 Å². The second-order valence-electron chi connectivity index (χ2n) is 7.51. The lowest BCUT2D eigenvalue weighted by Gasteiger charge is -2.22. The SMILES string of the molecule is Cc1cccc(-c2nc(=O)n(CC3CCCCC3)nc2-c2ccccc2)c1. The minimum absolute atomic E-state index is 0.253. The van der Waals surface area contributed by atoms with E-state index in [2.05, 4.69) is 11.1 Å². The van der Waals surface area contributed by atoms with E-state index in [1.807, 2.05) is 55.5 Å². The van der Waals surface area contributed by atoms with Gasteiger partial charge in [-0.1, -0.05) is 73.4 Å². The van der Waals surface area contributed by atoms with Gasteiger partial charge in [0.05, 0.1) is 0 Å². The van der Waals surface area contributed by atoms with Crippen LogP contribution in [0.4, 0.5) is 0 Å². The lowest BCUT2D eigenvalue weighted by atomic mass is 9.89. The van der Waals surface area contributed by atoms with Crippen LogP contribution in [0.1, 0.15) is 37.7 Å². The number of aryl methyl sites for hydroxylation is 1. The fourth-order valence-electron chi connectivity index (χ4n) is 3.93. The van der Waals surface area contributed by atoms with E-state index in [9.17, 15) is 4.79 Å². The van der Waals surface area contributed by atoms with Crippen molar-refractivity contribution in [1.29, 1.82) is 0 Å². The summed E-state index contributed by atoms with van der Waals surface area (Å²) in [5.41, 5.74) is 4.24. The Kier molecular flexibility index (Phi) is 5.14. The highest BCUT2D eigenvalue weighted by molar-refractivity contribution is 5.77. The van der Waals surface area contributed by atoms with Gasteiger partial charge in [0.15, 0.2) is 0 Å². The molecular formula is C23H25N3O. The summed E-state index contributed by atoms with van der Waals surface area (Å²) in [7, 11) is 0. The monoisotopic (exact) mass is 359 g/mol. The third-order valence-corrected chi connectivity index (χ3v) is 5.37. The van der Waals surface area contributed by atoms with Crippen LogP contribution in [-0.4, -0.2) is 14.8 Å². The van der Waals surface area contributed by atoms with E-state index < -0.39 is 0 Å². The molecule has 1 fully saturated rings. The molecule has 0 bridgehead atoms. The Morgan fingerprint density at radius 3 is 2.41 bits per heavy atom. The molecule has 4 heteroatoms. The summed E-state index contributed by atoms with van der Waals surface area (Å²) in [4.78, 5) is 17.2. The van der Waals surface area contributed by atoms with E-state index in [-0.39, 0.29) is 5.69 Å². The summed E-state index contributed by atoms with van der Waals surface area (Å²) in [5.74, 6) is 0.527. The van der Waals surface area contributed by atoms with Gasteiger partial charge in [0.25, 0.3) is 0 Å². The Balaban J connectivity index is 1.81. The third kappa shape index (κ3) is 4.00. The first-order chi connectivity index (χ1) is 13.2. The molecule has 1 aromatic heterocycles. The lowest BCUT2D eigenvalue weighted by molar-refractivity contribution is 0.301. The zero-order valence-corrected chi connectivity index (χ0v) is 15.8. The first kappa shape index (κ1) is 17.7. The molecule has 0 amide bonds. The number of hydrogen-bond donors (Lipinski definition) is 0. The summed E-state index contributed by atoms with van der Waals surface area (Å²) >= 11 is 0. The molecule has 3 aromatic rings. The maximum Gasteiger partial charge on any atom is 0.364 e. The molecule has 1 aliphatic carbocycles. The maximum atomic E-state index is 12.7. The minimum atomic E-state index is -0.253. The zero-order chi connectivity index (χ0) is 18.6. The van der Waals surface area contributed by atoms with Crippen LogP contribution in [-0.2, 0) is 6.54 Å².